The predicted molar refractivity (Wildman–Crippen MR) is 78.1 cm³/mol. The molecule has 0 saturated heterocycles. The third-order valence-corrected chi connectivity index (χ3v) is 3.87. The zero-order chi connectivity index (χ0) is 14.1. The van der Waals surface area contributed by atoms with Crippen LogP contribution < -0.4 is 0 Å². The fourth-order valence-electron chi connectivity index (χ4n) is 2.52. The fourth-order valence-corrected chi connectivity index (χ4v) is 2.52. The first-order valence-electron chi connectivity index (χ1n) is 7.32. The van der Waals surface area contributed by atoms with Gasteiger partial charge >= 0.3 is 0 Å². The Bertz CT molecular complexity index is 633. The molecule has 1 aliphatic rings. The molecule has 0 bridgehead atoms. The van der Waals surface area contributed by atoms with Crippen molar-refractivity contribution in [3.63, 3.8) is 0 Å². The molecule has 1 saturated carbocycles. The predicted octanol–water partition coefficient (Wildman–Crippen LogP) is 4.42. The van der Waals surface area contributed by atoms with Crippen LogP contribution in [0.4, 0.5) is 4.39 Å². The van der Waals surface area contributed by atoms with E-state index in [9.17, 15) is 4.39 Å². The van der Waals surface area contributed by atoms with E-state index >= 15 is 0 Å². The highest BCUT2D eigenvalue weighted by atomic mass is 19.1. The van der Waals surface area contributed by atoms with E-state index < -0.39 is 0 Å². The number of rotatable bonds is 4. The first-order valence-corrected chi connectivity index (χ1v) is 7.32. The fraction of sp³-hybridized carbons (Fsp3) is 0.412. The van der Waals surface area contributed by atoms with Gasteiger partial charge < -0.3 is 0 Å². The first kappa shape index (κ1) is 13.2. The van der Waals surface area contributed by atoms with Crippen molar-refractivity contribution in [2.75, 3.05) is 0 Å². The molecular formula is C17H19FN2. The van der Waals surface area contributed by atoms with Crippen LogP contribution in [0.1, 0.15) is 49.2 Å². The molecule has 3 rings (SSSR count). The third kappa shape index (κ3) is 2.45. The van der Waals surface area contributed by atoms with Gasteiger partial charge in [0.15, 0.2) is 0 Å². The topological polar surface area (TPSA) is 25.8 Å². The Morgan fingerprint density at radius 1 is 1.25 bits per heavy atom. The van der Waals surface area contributed by atoms with Crippen molar-refractivity contribution in [3.05, 3.63) is 47.3 Å². The molecule has 0 N–H and O–H groups in total. The molecule has 1 heterocycles. The second kappa shape index (κ2) is 5.31. The van der Waals surface area contributed by atoms with E-state index in [1.54, 1.807) is 6.07 Å². The Kier molecular flexibility index (Phi) is 3.51. The van der Waals surface area contributed by atoms with Crippen molar-refractivity contribution < 1.29 is 4.39 Å². The molecule has 20 heavy (non-hydrogen) atoms. The summed E-state index contributed by atoms with van der Waals surface area (Å²) in [5.41, 5.74) is 3.62. The van der Waals surface area contributed by atoms with Crippen LogP contribution in [0.15, 0.2) is 24.4 Å². The third-order valence-electron chi connectivity index (χ3n) is 3.87. The summed E-state index contributed by atoms with van der Waals surface area (Å²) in [5.74, 6) is 1.34. The van der Waals surface area contributed by atoms with Gasteiger partial charge in [-0.25, -0.2) is 14.4 Å². The van der Waals surface area contributed by atoms with Crippen LogP contribution in [0.3, 0.4) is 0 Å². The normalized spacial score (nSPS) is 14.6. The molecule has 0 spiro atoms. The van der Waals surface area contributed by atoms with Crippen LogP contribution in [0, 0.1) is 12.7 Å². The summed E-state index contributed by atoms with van der Waals surface area (Å²) in [5, 5.41) is 0. The molecule has 104 valence electrons. The van der Waals surface area contributed by atoms with Gasteiger partial charge in [0.2, 0.25) is 0 Å². The summed E-state index contributed by atoms with van der Waals surface area (Å²) >= 11 is 0. The second-order valence-electron chi connectivity index (χ2n) is 5.53. The lowest BCUT2D eigenvalue weighted by Crippen LogP contribution is -2.02. The maximum atomic E-state index is 13.8. The van der Waals surface area contributed by atoms with Crippen molar-refractivity contribution in [1.82, 2.24) is 9.97 Å². The molecule has 1 aliphatic carbocycles. The highest BCUT2D eigenvalue weighted by molar-refractivity contribution is 5.68. The summed E-state index contributed by atoms with van der Waals surface area (Å²) < 4.78 is 13.8. The van der Waals surface area contributed by atoms with E-state index in [0.29, 0.717) is 11.5 Å². The lowest BCUT2D eigenvalue weighted by atomic mass is 9.98. The molecule has 3 heteroatoms. The van der Waals surface area contributed by atoms with Crippen molar-refractivity contribution in [2.24, 2.45) is 0 Å². The summed E-state index contributed by atoms with van der Waals surface area (Å²) in [6.07, 6.45) is 6.22. The van der Waals surface area contributed by atoms with Crippen molar-refractivity contribution >= 4 is 0 Å². The molecule has 0 atom stereocenters. The SMILES string of the molecule is CCCc1nc(C2CC2)ncc1-c1cccc(F)c1C. The lowest BCUT2D eigenvalue weighted by molar-refractivity contribution is 0.619. The summed E-state index contributed by atoms with van der Waals surface area (Å²) in [7, 11) is 0. The number of hydrogen-bond donors (Lipinski definition) is 0. The van der Waals surface area contributed by atoms with Gasteiger partial charge in [-0.2, -0.15) is 0 Å². The molecule has 1 aromatic carbocycles. The highest BCUT2D eigenvalue weighted by Crippen LogP contribution is 2.39. The Labute approximate surface area is 119 Å². The average molecular weight is 270 g/mol. The highest BCUT2D eigenvalue weighted by Gasteiger charge is 2.27. The van der Waals surface area contributed by atoms with Gasteiger partial charge in [0, 0.05) is 17.7 Å². The Balaban J connectivity index is 2.09. The zero-order valence-corrected chi connectivity index (χ0v) is 12.0. The molecule has 0 aliphatic heterocycles. The molecule has 1 fully saturated rings. The van der Waals surface area contributed by atoms with E-state index in [-0.39, 0.29) is 5.82 Å². The second-order valence-corrected chi connectivity index (χ2v) is 5.53. The minimum absolute atomic E-state index is 0.170. The zero-order valence-electron chi connectivity index (χ0n) is 12.0. The van der Waals surface area contributed by atoms with Gasteiger partial charge in [-0.1, -0.05) is 25.5 Å². The van der Waals surface area contributed by atoms with Crippen LogP contribution in [0.5, 0.6) is 0 Å². The van der Waals surface area contributed by atoms with Gasteiger partial charge in [-0.05, 0) is 43.4 Å². The first-order chi connectivity index (χ1) is 9.70. The summed E-state index contributed by atoms with van der Waals surface area (Å²) in [6, 6.07) is 5.20. The maximum absolute atomic E-state index is 13.8. The number of benzene rings is 1. The maximum Gasteiger partial charge on any atom is 0.131 e. The van der Waals surface area contributed by atoms with Crippen LogP contribution in [-0.2, 0) is 6.42 Å². The quantitative estimate of drug-likeness (QED) is 0.821. The summed E-state index contributed by atoms with van der Waals surface area (Å²) in [6.45, 7) is 3.95. The minimum Gasteiger partial charge on any atom is -0.240 e. The van der Waals surface area contributed by atoms with E-state index in [1.807, 2.05) is 19.2 Å². The van der Waals surface area contributed by atoms with Crippen molar-refractivity contribution in [2.45, 2.75) is 45.4 Å². The van der Waals surface area contributed by atoms with Crippen LogP contribution in [-0.4, -0.2) is 9.97 Å². The van der Waals surface area contributed by atoms with E-state index in [2.05, 4.69) is 11.9 Å². The molecular weight excluding hydrogens is 251 g/mol. The van der Waals surface area contributed by atoms with Gasteiger partial charge in [-0.3, -0.25) is 0 Å². The molecule has 2 nitrogen and oxygen atoms in total. The smallest absolute Gasteiger partial charge is 0.131 e. The van der Waals surface area contributed by atoms with Crippen LogP contribution >= 0.6 is 0 Å². The average Bonchev–Trinajstić information content (AvgIpc) is 3.27. The Hall–Kier alpha value is -1.77. The van der Waals surface area contributed by atoms with Gasteiger partial charge in [0.1, 0.15) is 11.6 Å². The molecule has 0 amide bonds. The number of halogens is 1. The standard InChI is InChI=1S/C17H19FN2/c1-3-5-16-14(10-19-17(20-16)12-8-9-12)13-6-4-7-15(18)11(13)2/h4,6-7,10,12H,3,5,8-9H2,1-2H3. The molecule has 2 aromatic rings. The number of aryl methyl sites for hydroxylation is 1. The van der Waals surface area contributed by atoms with E-state index in [4.69, 9.17) is 4.98 Å². The number of hydrogen-bond acceptors (Lipinski definition) is 2. The number of aromatic nitrogens is 2. The monoisotopic (exact) mass is 270 g/mol. The van der Waals surface area contributed by atoms with Crippen LogP contribution in [0.25, 0.3) is 11.1 Å². The van der Waals surface area contributed by atoms with Crippen LogP contribution in [0.2, 0.25) is 0 Å². The Morgan fingerprint density at radius 3 is 2.75 bits per heavy atom. The van der Waals surface area contributed by atoms with Gasteiger partial charge in [0.05, 0.1) is 5.69 Å². The number of nitrogens with zero attached hydrogens (tertiary/aromatic N) is 2. The lowest BCUT2D eigenvalue weighted by Gasteiger charge is -2.12. The van der Waals surface area contributed by atoms with E-state index in [0.717, 1.165) is 35.5 Å². The molecule has 0 radical (unpaired) electrons. The minimum atomic E-state index is -0.170. The summed E-state index contributed by atoms with van der Waals surface area (Å²) in [4.78, 5) is 9.24. The van der Waals surface area contributed by atoms with E-state index in [1.165, 1.54) is 18.9 Å². The van der Waals surface area contributed by atoms with Gasteiger partial charge in [-0.15, -0.1) is 0 Å². The van der Waals surface area contributed by atoms with Gasteiger partial charge in [0.25, 0.3) is 0 Å². The largest absolute Gasteiger partial charge is 0.240 e. The Morgan fingerprint density at radius 2 is 2.05 bits per heavy atom. The van der Waals surface area contributed by atoms with Crippen molar-refractivity contribution in [1.29, 1.82) is 0 Å². The molecule has 0 unspecified atom stereocenters. The van der Waals surface area contributed by atoms with Crippen molar-refractivity contribution in [3.8, 4) is 11.1 Å². The molecule has 1 aromatic heterocycles.